The Morgan fingerprint density at radius 1 is 1.12 bits per heavy atom. The molecule has 0 aliphatic heterocycles. The molecule has 0 aliphatic carbocycles. The minimum absolute atomic E-state index is 0.0266. The molecule has 0 N–H and O–H groups in total. The fourth-order valence-electron chi connectivity index (χ4n) is 2.43. The van der Waals surface area contributed by atoms with Gasteiger partial charge in [0.25, 0.3) is 0 Å². The molecule has 0 saturated heterocycles. The van der Waals surface area contributed by atoms with Crippen LogP contribution < -0.4 is 14.9 Å². The molecule has 128 valence electrons. The molecule has 0 unspecified atom stereocenters. The standard InChI is InChI=1S/C19H15FO5/c1-10-8-15-17(9-16(10)24-12(3)21)23-11(2)19(18(15)22)25-14-6-4-13(20)5-7-14/h4-9H,1-3H3. The summed E-state index contributed by atoms with van der Waals surface area (Å²) in [5.41, 5.74) is 0.544. The van der Waals surface area contributed by atoms with E-state index in [1.807, 2.05) is 0 Å². The minimum Gasteiger partial charge on any atom is -0.457 e. The van der Waals surface area contributed by atoms with Gasteiger partial charge >= 0.3 is 5.97 Å². The molecule has 1 heterocycles. The molecule has 0 atom stereocenters. The van der Waals surface area contributed by atoms with Gasteiger partial charge in [-0.25, -0.2) is 4.39 Å². The second-order valence-corrected chi connectivity index (χ2v) is 5.58. The first-order chi connectivity index (χ1) is 11.8. The van der Waals surface area contributed by atoms with Crippen LogP contribution in [0.25, 0.3) is 11.0 Å². The summed E-state index contributed by atoms with van der Waals surface area (Å²) in [5, 5.41) is 0.302. The molecule has 0 radical (unpaired) electrons. The first-order valence-electron chi connectivity index (χ1n) is 7.55. The summed E-state index contributed by atoms with van der Waals surface area (Å²) in [6.07, 6.45) is 0. The highest BCUT2D eigenvalue weighted by atomic mass is 19.1. The lowest BCUT2D eigenvalue weighted by Crippen LogP contribution is -2.09. The molecule has 2 aromatic carbocycles. The highest BCUT2D eigenvalue weighted by Gasteiger charge is 2.16. The van der Waals surface area contributed by atoms with Gasteiger partial charge in [0.15, 0.2) is 0 Å². The summed E-state index contributed by atoms with van der Waals surface area (Å²) < 4.78 is 29.3. The zero-order chi connectivity index (χ0) is 18.1. The Labute approximate surface area is 142 Å². The largest absolute Gasteiger partial charge is 0.457 e. The Morgan fingerprint density at radius 2 is 1.80 bits per heavy atom. The van der Waals surface area contributed by atoms with E-state index < -0.39 is 11.8 Å². The van der Waals surface area contributed by atoms with Crippen LogP contribution >= 0.6 is 0 Å². The van der Waals surface area contributed by atoms with Crippen LogP contribution in [0.2, 0.25) is 0 Å². The van der Waals surface area contributed by atoms with Crippen LogP contribution in [0.1, 0.15) is 18.2 Å². The van der Waals surface area contributed by atoms with E-state index in [1.54, 1.807) is 19.9 Å². The lowest BCUT2D eigenvalue weighted by Gasteiger charge is -2.11. The Hall–Kier alpha value is -3.15. The zero-order valence-electron chi connectivity index (χ0n) is 13.9. The van der Waals surface area contributed by atoms with Crippen molar-refractivity contribution >= 4 is 16.9 Å². The first kappa shape index (κ1) is 16.7. The monoisotopic (exact) mass is 342 g/mol. The Bertz CT molecular complexity index is 1020. The van der Waals surface area contributed by atoms with Gasteiger partial charge in [0.1, 0.15) is 28.7 Å². The van der Waals surface area contributed by atoms with Crippen LogP contribution in [0.5, 0.6) is 17.2 Å². The average Bonchev–Trinajstić information content (AvgIpc) is 2.54. The van der Waals surface area contributed by atoms with Gasteiger partial charge < -0.3 is 13.9 Å². The smallest absolute Gasteiger partial charge is 0.308 e. The predicted molar refractivity (Wildman–Crippen MR) is 89.7 cm³/mol. The van der Waals surface area contributed by atoms with Gasteiger partial charge in [-0.2, -0.15) is 0 Å². The van der Waals surface area contributed by atoms with Crippen LogP contribution in [0.4, 0.5) is 4.39 Å². The number of hydrogen-bond donors (Lipinski definition) is 0. The number of hydrogen-bond acceptors (Lipinski definition) is 5. The van der Waals surface area contributed by atoms with E-state index in [9.17, 15) is 14.0 Å². The number of fused-ring (bicyclic) bond motifs is 1. The van der Waals surface area contributed by atoms with E-state index in [4.69, 9.17) is 13.9 Å². The molecule has 3 rings (SSSR count). The van der Waals surface area contributed by atoms with Crippen molar-refractivity contribution in [3.8, 4) is 17.2 Å². The number of ether oxygens (including phenoxy) is 2. The summed E-state index contributed by atoms with van der Waals surface area (Å²) >= 11 is 0. The molecule has 0 amide bonds. The van der Waals surface area contributed by atoms with E-state index in [0.717, 1.165) is 0 Å². The number of aryl methyl sites for hydroxylation is 2. The number of carbonyl (C=O) groups is 1. The lowest BCUT2D eigenvalue weighted by molar-refractivity contribution is -0.131. The van der Waals surface area contributed by atoms with E-state index in [0.29, 0.717) is 22.4 Å². The Kier molecular flexibility index (Phi) is 4.27. The topological polar surface area (TPSA) is 65.7 Å². The van der Waals surface area contributed by atoms with Crippen molar-refractivity contribution < 1.29 is 23.1 Å². The van der Waals surface area contributed by atoms with Crippen LogP contribution in [0, 0.1) is 19.7 Å². The van der Waals surface area contributed by atoms with E-state index >= 15 is 0 Å². The summed E-state index contributed by atoms with van der Waals surface area (Å²) in [5.74, 6) is 0.0818. The van der Waals surface area contributed by atoms with Gasteiger partial charge in [-0.1, -0.05) is 0 Å². The third-order valence-corrected chi connectivity index (χ3v) is 3.60. The van der Waals surface area contributed by atoms with Gasteiger partial charge in [0.2, 0.25) is 11.2 Å². The van der Waals surface area contributed by atoms with Crippen molar-refractivity contribution in [2.45, 2.75) is 20.8 Å². The van der Waals surface area contributed by atoms with Crippen LogP contribution in [-0.2, 0) is 4.79 Å². The molecule has 0 aliphatic rings. The maximum absolute atomic E-state index is 13.0. The molecule has 0 fully saturated rings. The molecule has 3 aromatic rings. The number of halogens is 1. The van der Waals surface area contributed by atoms with Crippen molar-refractivity contribution in [2.75, 3.05) is 0 Å². The summed E-state index contributed by atoms with van der Waals surface area (Å²) in [7, 11) is 0. The number of rotatable bonds is 3. The van der Waals surface area contributed by atoms with Crippen molar-refractivity contribution in [3.63, 3.8) is 0 Å². The molecular formula is C19H15FO5. The Balaban J connectivity index is 2.10. The number of carbonyl (C=O) groups excluding carboxylic acids is 1. The quantitative estimate of drug-likeness (QED) is 0.525. The molecule has 0 spiro atoms. The van der Waals surface area contributed by atoms with Gasteiger partial charge in [0, 0.05) is 13.0 Å². The summed E-state index contributed by atoms with van der Waals surface area (Å²) in [4.78, 5) is 23.9. The zero-order valence-corrected chi connectivity index (χ0v) is 13.9. The lowest BCUT2D eigenvalue weighted by atomic mass is 10.1. The predicted octanol–water partition coefficient (Wildman–Crippen LogP) is 4.27. The third kappa shape index (κ3) is 3.38. The van der Waals surface area contributed by atoms with Crippen molar-refractivity contribution in [1.82, 2.24) is 0 Å². The number of esters is 1. The fourth-order valence-corrected chi connectivity index (χ4v) is 2.43. The van der Waals surface area contributed by atoms with Crippen LogP contribution in [0.15, 0.2) is 45.6 Å². The summed E-state index contributed by atoms with van der Waals surface area (Å²) in [6.45, 7) is 4.60. The van der Waals surface area contributed by atoms with Gasteiger partial charge in [0.05, 0.1) is 5.39 Å². The van der Waals surface area contributed by atoms with Crippen molar-refractivity contribution in [2.24, 2.45) is 0 Å². The maximum atomic E-state index is 13.0. The van der Waals surface area contributed by atoms with Crippen LogP contribution in [-0.4, -0.2) is 5.97 Å². The molecule has 0 saturated carbocycles. The minimum atomic E-state index is -0.460. The second-order valence-electron chi connectivity index (χ2n) is 5.58. The van der Waals surface area contributed by atoms with Crippen molar-refractivity contribution in [3.05, 3.63) is 63.8 Å². The van der Waals surface area contributed by atoms with Gasteiger partial charge in [-0.15, -0.1) is 0 Å². The molecule has 6 heteroatoms. The van der Waals surface area contributed by atoms with Crippen LogP contribution in [0.3, 0.4) is 0 Å². The normalized spacial score (nSPS) is 10.7. The molecule has 25 heavy (non-hydrogen) atoms. The van der Waals surface area contributed by atoms with Gasteiger partial charge in [-0.3, -0.25) is 9.59 Å². The van der Waals surface area contributed by atoms with E-state index in [1.165, 1.54) is 37.3 Å². The van der Waals surface area contributed by atoms with E-state index in [-0.39, 0.29) is 22.5 Å². The highest BCUT2D eigenvalue weighted by molar-refractivity contribution is 5.82. The maximum Gasteiger partial charge on any atom is 0.308 e. The fraction of sp³-hybridized carbons (Fsp3) is 0.158. The average molecular weight is 342 g/mol. The first-order valence-corrected chi connectivity index (χ1v) is 7.55. The SMILES string of the molecule is CC(=O)Oc1cc2oc(C)c(Oc3ccc(F)cc3)c(=O)c2cc1C. The summed E-state index contributed by atoms with van der Waals surface area (Å²) in [6, 6.07) is 8.41. The van der Waals surface area contributed by atoms with Gasteiger partial charge in [-0.05, 0) is 49.7 Å². The highest BCUT2D eigenvalue weighted by Crippen LogP contribution is 2.29. The molecule has 0 bridgehead atoms. The molecular weight excluding hydrogens is 327 g/mol. The Morgan fingerprint density at radius 3 is 2.44 bits per heavy atom. The number of benzene rings is 2. The second kappa shape index (κ2) is 6.39. The molecule has 5 nitrogen and oxygen atoms in total. The third-order valence-electron chi connectivity index (χ3n) is 3.60. The van der Waals surface area contributed by atoms with E-state index in [2.05, 4.69) is 0 Å². The van der Waals surface area contributed by atoms with Crippen molar-refractivity contribution in [1.29, 1.82) is 0 Å². The molecule has 1 aromatic heterocycles.